The number of halogens is 2. The van der Waals surface area contributed by atoms with Crippen LogP contribution >= 0.6 is 11.6 Å². The van der Waals surface area contributed by atoms with Crippen LogP contribution in [-0.2, 0) is 27.3 Å². The van der Waals surface area contributed by atoms with E-state index in [2.05, 4.69) is 0 Å². The molecule has 0 radical (unpaired) electrons. The molecule has 1 saturated heterocycles. The predicted molar refractivity (Wildman–Crippen MR) is 107 cm³/mol. The molecule has 2 amide bonds. The summed E-state index contributed by atoms with van der Waals surface area (Å²) in [4.78, 5) is 36.7. The number of rotatable bonds is 5. The van der Waals surface area contributed by atoms with Crippen LogP contribution in [0.15, 0.2) is 48.5 Å². The minimum Gasteiger partial charge on any atom is -0.483 e. The van der Waals surface area contributed by atoms with Gasteiger partial charge in [-0.05, 0) is 36.6 Å². The highest BCUT2D eigenvalue weighted by molar-refractivity contribution is 6.31. The zero-order chi connectivity index (χ0) is 21.4. The van der Waals surface area contributed by atoms with Gasteiger partial charge < -0.3 is 14.9 Å². The standard InChI is InChI=1S/C20H20ClFN2O2.CH2O2/c1-14-20(26)23(10-9-15-5-3-2-4-6-15)13-19(25)24(14)12-16-7-8-17(22)11-18(16)21;2-1-3/h2-8,11,14H,9-10,12-13H2,1H3;1H,(H,2,3)/t14-;/m0./s1. The van der Waals surface area contributed by atoms with Crippen LogP contribution in [0.2, 0.25) is 5.02 Å². The monoisotopic (exact) mass is 420 g/mol. The fourth-order valence-electron chi connectivity index (χ4n) is 3.10. The van der Waals surface area contributed by atoms with Gasteiger partial charge in [0.15, 0.2) is 0 Å². The summed E-state index contributed by atoms with van der Waals surface area (Å²) >= 11 is 6.05. The Morgan fingerprint density at radius 2 is 1.86 bits per heavy atom. The molecule has 1 fully saturated rings. The molecular formula is C21H22ClFN2O4. The number of hydrogen-bond acceptors (Lipinski definition) is 3. The number of piperazine rings is 1. The summed E-state index contributed by atoms with van der Waals surface area (Å²) in [5.74, 6) is -0.649. The highest BCUT2D eigenvalue weighted by atomic mass is 35.5. The van der Waals surface area contributed by atoms with Gasteiger partial charge in [-0.15, -0.1) is 0 Å². The number of benzene rings is 2. The van der Waals surface area contributed by atoms with Gasteiger partial charge in [0, 0.05) is 18.1 Å². The van der Waals surface area contributed by atoms with Crippen LogP contribution < -0.4 is 0 Å². The molecule has 6 nitrogen and oxygen atoms in total. The van der Waals surface area contributed by atoms with Crippen LogP contribution in [0.4, 0.5) is 4.39 Å². The molecule has 0 bridgehead atoms. The van der Waals surface area contributed by atoms with Crippen molar-refractivity contribution in [3.05, 3.63) is 70.5 Å². The Balaban J connectivity index is 0.000000941. The average Bonchev–Trinajstić information content (AvgIpc) is 2.70. The molecule has 1 heterocycles. The summed E-state index contributed by atoms with van der Waals surface area (Å²) in [6.45, 7) is 2.21. The van der Waals surface area contributed by atoms with Crippen molar-refractivity contribution in [1.82, 2.24) is 9.80 Å². The van der Waals surface area contributed by atoms with Crippen molar-refractivity contribution in [2.75, 3.05) is 13.1 Å². The molecule has 3 rings (SSSR count). The van der Waals surface area contributed by atoms with Gasteiger partial charge in [-0.1, -0.05) is 48.0 Å². The van der Waals surface area contributed by atoms with Gasteiger partial charge in [0.1, 0.15) is 11.9 Å². The second-order valence-electron chi connectivity index (χ2n) is 6.53. The molecular weight excluding hydrogens is 399 g/mol. The molecule has 1 aliphatic heterocycles. The topological polar surface area (TPSA) is 77.9 Å². The second-order valence-corrected chi connectivity index (χ2v) is 6.94. The Bertz CT molecular complexity index is 863. The van der Waals surface area contributed by atoms with E-state index >= 15 is 0 Å². The molecule has 0 unspecified atom stereocenters. The maximum absolute atomic E-state index is 13.2. The Morgan fingerprint density at radius 3 is 2.48 bits per heavy atom. The first kappa shape index (κ1) is 22.4. The minimum absolute atomic E-state index is 0.0504. The molecule has 1 atom stereocenters. The largest absolute Gasteiger partial charge is 0.483 e. The molecule has 0 aromatic heterocycles. The van der Waals surface area contributed by atoms with E-state index < -0.39 is 11.9 Å². The number of carbonyl (C=O) groups is 3. The van der Waals surface area contributed by atoms with Crippen molar-refractivity contribution < 1.29 is 23.9 Å². The van der Waals surface area contributed by atoms with Gasteiger partial charge >= 0.3 is 0 Å². The lowest BCUT2D eigenvalue weighted by Gasteiger charge is -2.39. The molecule has 2 aromatic rings. The lowest BCUT2D eigenvalue weighted by Crippen LogP contribution is -2.58. The first-order valence-electron chi connectivity index (χ1n) is 9.01. The molecule has 2 aromatic carbocycles. The molecule has 0 aliphatic carbocycles. The highest BCUT2D eigenvalue weighted by Gasteiger charge is 2.36. The van der Waals surface area contributed by atoms with Gasteiger partial charge in [0.2, 0.25) is 11.8 Å². The maximum Gasteiger partial charge on any atom is 0.290 e. The van der Waals surface area contributed by atoms with Gasteiger partial charge in [-0.25, -0.2) is 4.39 Å². The Kier molecular flexibility index (Phi) is 8.15. The minimum atomic E-state index is -0.576. The van der Waals surface area contributed by atoms with Crippen molar-refractivity contribution in [3.63, 3.8) is 0 Å². The third kappa shape index (κ3) is 6.02. The molecule has 154 valence electrons. The Morgan fingerprint density at radius 1 is 1.21 bits per heavy atom. The van der Waals surface area contributed by atoms with E-state index in [0.717, 1.165) is 5.56 Å². The van der Waals surface area contributed by atoms with Crippen LogP contribution in [0.3, 0.4) is 0 Å². The summed E-state index contributed by atoms with van der Waals surface area (Å²) in [5.41, 5.74) is 1.75. The number of nitrogens with zero attached hydrogens (tertiary/aromatic N) is 2. The van der Waals surface area contributed by atoms with Gasteiger partial charge in [-0.2, -0.15) is 0 Å². The van der Waals surface area contributed by atoms with E-state index in [0.29, 0.717) is 18.5 Å². The summed E-state index contributed by atoms with van der Waals surface area (Å²) in [6, 6.07) is 13.3. The van der Waals surface area contributed by atoms with E-state index in [1.807, 2.05) is 30.3 Å². The lowest BCUT2D eigenvalue weighted by atomic mass is 10.1. The molecule has 8 heteroatoms. The number of carbonyl (C=O) groups excluding carboxylic acids is 2. The fourth-order valence-corrected chi connectivity index (χ4v) is 3.33. The van der Waals surface area contributed by atoms with Gasteiger partial charge in [-0.3, -0.25) is 14.4 Å². The van der Waals surface area contributed by atoms with E-state index in [-0.39, 0.29) is 36.4 Å². The van der Waals surface area contributed by atoms with Crippen LogP contribution in [0.5, 0.6) is 0 Å². The lowest BCUT2D eigenvalue weighted by molar-refractivity contribution is -0.155. The molecule has 0 spiro atoms. The fraction of sp³-hybridized carbons (Fsp3) is 0.286. The first-order valence-corrected chi connectivity index (χ1v) is 9.39. The summed E-state index contributed by atoms with van der Waals surface area (Å²) in [6.07, 6.45) is 0.705. The van der Waals surface area contributed by atoms with Crippen LogP contribution in [0.25, 0.3) is 0 Å². The van der Waals surface area contributed by atoms with E-state index in [1.165, 1.54) is 17.0 Å². The number of carboxylic acid groups (broad SMARTS) is 1. The van der Waals surface area contributed by atoms with E-state index in [9.17, 15) is 14.0 Å². The zero-order valence-corrected chi connectivity index (χ0v) is 16.7. The van der Waals surface area contributed by atoms with Crippen molar-refractivity contribution in [2.24, 2.45) is 0 Å². The quantitative estimate of drug-likeness (QED) is 0.754. The maximum atomic E-state index is 13.2. The predicted octanol–water partition coefficient (Wildman–Crippen LogP) is 2.98. The summed E-state index contributed by atoms with van der Waals surface area (Å²) < 4.78 is 13.2. The SMILES string of the molecule is C[C@H]1C(=O)N(CCc2ccccc2)CC(=O)N1Cc1ccc(F)cc1Cl.O=CO. The van der Waals surface area contributed by atoms with Crippen LogP contribution in [-0.4, -0.2) is 52.3 Å². The normalized spacial score (nSPS) is 16.3. The zero-order valence-electron chi connectivity index (χ0n) is 15.9. The van der Waals surface area contributed by atoms with E-state index in [1.54, 1.807) is 17.9 Å². The molecule has 0 saturated carbocycles. The summed E-state index contributed by atoms with van der Waals surface area (Å²) in [5, 5.41) is 7.14. The third-order valence-corrected chi connectivity index (χ3v) is 5.00. The number of amides is 2. The van der Waals surface area contributed by atoms with Gasteiger partial charge in [0.05, 0.1) is 6.54 Å². The molecule has 1 aliphatic rings. The summed E-state index contributed by atoms with van der Waals surface area (Å²) in [7, 11) is 0. The Labute approximate surface area is 173 Å². The molecule has 29 heavy (non-hydrogen) atoms. The van der Waals surface area contributed by atoms with E-state index in [4.69, 9.17) is 21.5 Å². The highest BCUT2D eigenvalue weighted by Crippen LogP contribution is 2.22. The Hall–Kier alpha value is -2.93. The van der Waals surface area contributed by atoms with Crippen LogP contribution in [0, 0.1) is 5.82 Å². The van der Waals surface area contributed by atoms with Crippen molar-refractivity contribution in [2.45, 2.75) is 25.9 Å². The number of hydrogen-bond donors (Lipinski definition) is 1. The average molecular weight is 421 g/mol. The van der Waals surface area contributed by atoms with Crippen LogP contribution in [0.1, 0.15) is 18.1 Å². The smallest absolute Gasteiger partial charge is 0.290 e. The van der Waals surface area contributed by atoms with Gasteiger partial charge in [0.25, 0.3) is 6.47 Å². The first-order chi connectivity index (χ1) is 13.9. The third-order valence-electron chi connectivity index (χ3n) is 4.65. The van der Waals surface area contributed by atoms with Crippen molar-refractivity contribution in [3.8, 4) is 0 Å². The van der Waals surface area contributed by atoms with Crippen molar-refractivity contribution in [1.29, 1.82) is 0 Å². The van der Waals surface area contributed by atoms with Crippen molar-refractivity contribution >= 4 is 29.9 Å². The molecule has 1 N–H and O–H groups in total. The second kappa shape index (κ2) is 10.6.